The number of rotatable bonds is 2. The van der Waals surface area contributed by atoms with E-state index in [1.165, 1.54) is 27.4 Å². The largest absolute Gasteiger partial charge is 0.508 e. The second kappa shape index (κ2) is 11.3. The van der Waals surface area contributed by atoms with Gasteiger partial charge >= 0.3 is 12.1 Å². The highest BCUT2D eigenvalue weighted by Crippen LogP contribution is 2.29. The maximum absolute atomic E-state index is 12.3. The molecule has 0 radical (unpaired) electrons. The Morgan fingerprint density at radius 1 is 0.886 bits per heavy atom. The highest BCUT2D eigenvalue weighted by Gasteiger charge is 2.23. The van der Waals surface area contributed by atoms with E-state index >= 15 is 0 Å². The van der Waals surface area contributed by atoms with Crippen LogP contribution in [-0.4, -0.2) is 54.3 Å². The van der Waals surface area contributed by atoms with Crippen LogP contribution in [0.3, 0.4) is 0 Å². The highest BCUT2D eigenvalue weighted by atomic mass is 35.5. The van der Waals surface area contributed by atoms with Crippen LogP contribution < -0.4 is 5.32 Å². The van der Waals surface area contributed by atoms with Gasteiger partial charge in [-0.05, 0) is 60.7 Å². The summed E-state index contributed by atoms with van der Waals surface area (Å²) in [6.07, 6.45) is 11.1. The maximum Gasteiger partial charge on any atom is 0.338 e. The predicted molar refractivity (Wildman–Crippen MR) is 133 cm³/mol. The minimum absolute atomic E-state index is 0.0924. The summed E-state index contributed by atoms with van der Waals surface area (Å²) in [7, 11) is 0. The molecule has 0 saturated carbocycles. The van der Waals surface area contributed by atoms with Gasteiger partial charge in [-0.25, -0.2) is 19.6 Å². The number of aromatic hydroxyl groups is 1. The topological polar surface area (TPSA) is 105 Å². The van der Waals surface area contributed by atoms with Crippen LogP contribution >= 0.6 is 11.6 Å². The smallest absolute Gasteiger partial charge is 0.338 e. The molecule has 2 aromatic carbocycles. The number of amides is 2. The number of imidazole rings is 2. The summed E-state index contributed by atoms with van der Waals surface area (Å²) >= 11 is 5.93. The van der Waals surface area contributed by atoms with Crippen LogP contribution in [0.2, 0.25) is 5.02 Å². The zero-order chi connectivity index (χ0) is 24.6. The lowest BCUT2D eigenvalue weighted by Gasteiger charge is -2.32. The number of carbonyl (C=O) groups excluding carboxylic acids is 2. The van der Waals surface area contributed by atoms with Crippen molar-refractivity contribution in [2.45, 2.75) is 18.8 Å². The van der Waals surface area contributed by atoms with Crippen molar-refractivity contribution < 1.29 is 14.7 Å². The lowest BCUT2D eigenvalue weighted by molar-refractivity contribution is 0.194. The lowest BCUT2D eigenvalue weighted by Crippen LogP contribution is -2.40. The molecule has 3 heterocycles. The second-order valence-corrected chi connectivity index (χ2v) is 8.45. The van der Waals surface area contributed by atoms with Crippen molar-refractivity contribution in [2.24, 2.45) is 0 Å². The van der Waals surface area contributed by atoms with Crippen LogP contribution in [0.4, 0.5) is 15.3 Å². The van der Waals surface area contributed by atoms with Gasteiger partial charge in [-0.2, -0.15) is 0 Å². The molecule has 35 heavy (non-hydrogen) atoms. The molecule has 0 spiro atoms. The molecule has 0 atom stereocenters. The first-order valence-electron chi connectivity index (χ1n) is 11.1. The third kappa shape index (κ3) is 6.48. The quantitative estimate of drug-likeness (QED) is 0.381. The molecule has 180 valence electrons. The van der Waals surface area contributed by atoms with Crippen LogP contribution in [0.25, 0.3) is 0 Å². The van der Waals surface area contributed by atoms with Gasteiger partial charge in [-0.1, -0.05) is 23.7 Å². The number of nitrogens with zero attached hydrogens (tertiary/aromatic N) is 5. The first kappa shape index (κ1) is 24.0. The summed E-state index contributed by atoms with van der Waals surface area (Å²) in [5.41, 5.74) is 1.97. The molecule has 1 aliphatic heterocycles. The first-order valence-corrected chi connectivity index (χ1v) is 11.5. The molecule has 4 aromatic rings. The number of likely N-dealkylation sites (tertiary alicyclic amines) is 1. The maximum atomic E-state index is 12.3. The van der Waals surface area contributed by atoms with E-state index < -0.39 is 0 Å². The molecule has 2 N–H and O–H groups in total. The third-order valence-corrected chi connectivity index (χ3v) is 5.94. The van der Waals surface area contributed by atoms with Gasteiger partial charge in [0.25, 0.3) is 0 Å². The van der Waals surface area contributed by atoms with Gasteiger partial charge in [0.05, 0.1) is 0 Å². The van der Waals surface area contributed by atoms with E-state index in [-0.39, 0.29) is 17.8 Å². The van der Waals surface area contributed by atoms with Crippen molar-refractivity contribution in [1.82, 2.24) is 24.0 Å². The molecule has 0 unspecified atom stereocenters. The molecule has 1 fully saturated rings. The van der Waals surface area contributed by atoms with Gasteiger partial charge in [0, 0.05) is 48.6 Å². The average molecular weight is 493 g/mol. The number of anilines is 1. The van der Waals surface area contributed by atoms with E-state index in [0.29, 0.717) is 11.6 Å². The van der Waals surface area contributed by atoms with Crippen LogP contribution in [0.1, 0.15) is 24.3 Å². The number of halogens is 1. The van der Waals surface area contributed by atoms with Crippen LogP contribution in [0.5, 0.6) is 5.75 Å². The van der Waals surface area contributed by atoms with Crippen LogP contribution in [0, 0.1) is 0 Å². The number of piperidine rings is 1. The van der Waals surface area contributed by atoms with E-state index in [0.717, 1.165) is 31.0 Å². The van der Waals surface area contributed by atoms with E-state index in [1.54, 1.807) is 49.1 Å². The van der Waals surface area contributed by atoms with Crippen LogP contribution in [0.15, 0.2) is 86.0 Å². The molecule has 0 aliphatic carbocycles. The molecule has 0 bridgehead atoms. The zero-order valence-electron chi connectivity index (χ0n) is 18.9. The molecule has 1 saturated heterocycles. The molecule has 2 amide bonds. The summed E-state index contributed by atoms with van der Waals surface area (Å²) in [6, 6.07) is 14.2. The molecular weight excluding hydrogens is 468 g/mol. The summed E-state index contributed by atoms with van der Waals surface area (Å²) in [5, 5.41) is 12.9. The number of phenolic OH excluding ortho intramolecular Hbond substituents is 1. The van der Waals surface area contributed by atoms with Crippen molar-refractivity contribution >= 4 is 29.4 Å². The zero-order valence-corrected chi connectivity index (χ0v) is 19.6. The van der Waals surface area contributed by atoms with Crippen molar-refractivity contribution in [3.8, 4) is 5.75 Å². The van der Waals surface area contributed by atoms with Gasteiger partial charge in [0.1, 0.15) is 18.4 Å². The molecular formula is C25H25ClN6O3. The Hall–Kier alpha value is -4.11. The first-order chi connectivity index (χ1) is 17.0. The van der Waals surface area contributed by atoms with Crippen LogP contribution in [-0.2, 0) is 0 Å². The Morgan fingerprint density at radius 3 is 1.97 bits per heavy atom. The number of urea groups is 1. The molecule has 10 heteroatoms. The standard InChI is InChI=1S/C18H19ClN2O2.C7H6N4O/c19-15-3-1-13(2-4-15)14-9-11-21(12-10-14)18(23)20-16-5-7-17(22)8-6-16;12-7(10-3-1-8-5-10)11-4-2-9-6-11/h1-8,14,22H,9-12H2,(H,20,23);1-6H. The fourth-order valence-electron chi connectivity index (χ4n) is 3.78. The third-order valence-electron chi connectivity index (χ3n) is 5.69. The summed E-state index contributed by atoms with van der Waals surface area (Å²) in [4.78, 5) is 33.0. The number of aromatic nitrogens is 4. The number of nitrogens with one attached hydrogen (secondary N) is 1. The fourth-order valence-corrected chi connectivity index (χ4v) is 3.90. The minimum Gasteiger partial charge on any atom is -0.508 e. The van der Waals surface area contributed by atoms with E-state index in [2.05, 4.69) is 27.4 Å². The SMILES string of the molecule is O=C(Nc1ccc(O)cc1)N1CCC(c2ccc(Cl)cc2)CC1.O=C(n1ccnc1)n1ccnc1. The Kier molecular flexibility index (Phi) is 7.79. The monoisotopic (exact) mass is 492 g/mol. The van der Waals surface area contributed by atoms with E-state index in [4.69, 9.17) is 11.6 Å². The number of phenols is 1. The number of hydrogen-bond donors (Lipinski definition) is 2. The molecule has 9 nitrogen and oxygen atoms in total. The van der Waals surface area contributed by atoms with Gasteiger partial charge in [0.2, 0.25) is 0 Å². The van der Waals surface area contributed by atoms with E-state index in [1.807, 2.05) is 17.0 Å². The Balaban J connectivity index is 0.000000201. The number of carbonyl (C=O) groups is 2. The highest BCUT2D eigenvalue weighted by molar-refractivity contribution is 6.30. The Bertz CT molecular complexity index is 1180. The summed E-state index contributed by atoms with van der Waals surface area (Å²) in [6.45, 7) is 1.47. The van der Waals surface area contributed by atoms with Crippen molar-refractivity contribution in [2.75, 3.05) is 18.4 Å². The van der Waals surface area contributed by atoms with Crippen molar-refractivity contribution in [1.29, 1.82) is 0 Å². The number of benzene rings is 2. The Labute approximate surface area is 207 Å². The lowest BCUT2D eigenvalue weighted by atomic mass is 9.89. The van der Waals surface area contributed by atoms with Gasteiger partial charge in [-0.15, -0.1) is 0 Å². The molecule has 2 aromatic heterocycles. The van der Waals surface area contributed by atoms with Crippen molar-refractivity contribution in [3.63, 3.8) is 0 Å². The average Bonchev–Trinajstić information content (AvgIpc) is 3.61. The van der Waals surface area contributed by atoms with E-state index in [9.17, 15) is 14.7 Å². The predicted octanol–water partition coefficient (Wildman–Crippen LogP) is 5.05. The van der Waals surface area contributed by atoms with Gasteiger partial charge < -0.3 is 15.3 Å². The normalized spacial score (nSPS) is 13.6. The van der Waals surface area contributed by atoms with Crippen molar-refractivity contribution in [3.05, 3.63) is 96.6 Å². The second-order valence-electron chi connectivity index (χ2n) is 8.01. The number of hydrogen-bond acceptors (Lipinski definition) is 5. The van der Waals surface area contributed by atoms with Gasteiger partial charge in [0.15, 0.2) is 0 Å². The molecule has 5 rings (SSSR count). The van der Waals surface area contributed by atoms with Gasteiger partial charge in [-0.3, -0.25) is 9.13 Å². The summed E-state index contributed by atoms with van der Waals surface area (Å²) < 4.78 is 2.75. The fraction of sp³-hybridized carbons (Fsp3) is 0.200. The Morgan fingerprint density at radius 2 is 1.46 bits per heavy atom. The molecule has 1 aliphatic rings. The minimum atomic E-state index is -0.190. The summed E-state index contributed by atoms with van der Waals surface area (Å²) in [5.74, 6) is 0.664.